The van der Waals surface area contributed by atoms with Gasteiger partial charge < -0.3 is 10.1 Å². The monoisotopic (exact) mass is 312 g/mol. The van der Waals surface area contributed by atoms with Crippen LogP contribution in [0.3, 0.4) is 0 Å². The van der Waals surface area contributed by atoms with Gasteiger partial charge in [0.2, 0.25) is 5.91 Å². The molecule has 0 saturated heterocycles. The molecule has 0 spiro atoms. The Kier molecular flexibility index (Phi) is 4.79. The summed E-state index contributed by atoms with van der Waals surface area (Å²) >= 11 is 0. The smallest absolute Gasteiger partial charge is 0.229 e. The van der Waals surface area contributed by atoms with Crippen molar-refractivity contribution in [3.63, 3.8) is 0 Å². The third-order valence-corrected chi connectivity index (χ3v) is 3.35. The van der Waals surface area contributed by atoms with Gasteiger partial charge in [-0.25, -0.2) is 0 Å². The number of carbonyl (C=O) groups is 2. The Morgan fingerprint density at radius 1 is 1.09 bits per heavy atom. The molecule has 1 N–H and O–H groups in total. The fraction of sp³-hybridized carbons (Fsp3) is 0.278. The lowest BCUT2D eigenvalue weighted by Crippen LogP contribution is -2.28. The van der Waals surface area contributed by atoms with Crippen molar-refractivity contribution in [1.29, 1.82) is 0 Å². The number of carbonyl (C=O) groups excluding carboxylic acids is 2. The summed E-state index contributed by atoms with van der Waals surface area (Å²) in [5.41, 5.74) is 0.633. The van der Waals surface area contributed by atoms with E-state index in [9.17, 15) is 9.59 Å². The second-order valence-electron chi connectivity index (χ2n) is 6.15. The van der Waals surface area contributed by atoms with Crippen LogP contribution in [0.15, 0.2) is 42.7 Å². The zero-order valence-electron chi connectivity index (χ0n) is 13.7. The largest absolute Gasteiger partial charge is 0.496 e. The predicted octanol–water partition coefficient (Wildman–Crippen LogP) is 3.31. The normalized spacial score (nSPS) is 11.0. The maximum Gasteiger partial charge on any atom is 0.229 e. The van der Waals surface area contributed by atoms with Gasteiger partial charge in [0.25, 0.3) is 0 Å². The third-order valence-electron chi connectivity index (χ3n) is 3.35. The summed E-state index contributed by atoms with van der Waals surface area (Å²) in [5, 5.41) is 2.80. The Labute approximate surface area is 135 Å². The van der Waals surface area contributed by atoms with E-state index < -0.39 is 5.41 Å². The van der Waals surface area contributed by atoms with Crippen LogP contribution >= 0.6 is 0 Å². The number of hydrogen-bond acceptors (Lipinski definition) is 4. The second kappa shape index (κ2) is 6.60. The van der Waals surface area contributed by atoms with E-state index in [2.05, 4.69) is 10.3 Å². The zero-order chi connectivity index (χ0) is 17.0. The molecule has 0 aliphatic carbocycles. The van der Waals surface area contributed by atoms with Crippen molar-refractivity contribution in [1.82, 2.24) is 4.98 Å². The molecule has 2 aromatic rings. The Balaban J connectivity index is 2.41. The molecule has 1 aromatic heterocycles. The number of amides is 1. The highest BCUT2D eigenvalue weighted by Gasteiger charge is 2.24. The van der Waals surface area contributed by atoms with Crippen molar-refractivity contribution in [2.75, 3.05) is 12.4 Å². The lowest BCUT2D eigenvalue weighted by molar-refractivity contribution is -0.123. The molecule has 1 aromatic carbocycles. The number of benzene rings is 1. The number of ketones is 1. The van der Waals surface area contributed by atoms with Crippen molar-refractivity contribution in [2.45, 2.75) is 20.8 Å². The van der Waals surface area contributed by atoms with Gasteiger partial charge in [-0.15, -0.1) is 0 Å². The number of nitrogens with zero attached hydrogens (tertiary/aromatic N) is 1. The molecule has 0 unspecified atom stereocenters. The standard InChI is InChI=1S/C18H20N2O3/c1-18(2,3)17(22)20-14-9-10-19-11-13(14)16(21)12-7-5-6-8-15(12)23-4/h5-11H,1-4H3,(H,19,20,22). The average Bonchev–Trinajstić information content (AvgIpc) is 2.53. The first kappa shape index (κ1) is 16.7. The molecule has 5 nitrogen and oxygen atoms in total. The maximum absolute atomic E-state index is 12.8. The Hall–Kier alpha value is -2.69. The Morgan fingerprint density at radius 2 is 1.78 bits per heavy atom. The van der Waals surface area contributed by atoms with E-state index in [1.165, 1.54) is 19.5 Å². The average molecular weight is 312 g/mol. The van der Waals surface area contributed by atoms with Gasteiger partial charge in [-0.05, 0) is 18.2 Å². The van der Waals surface area contributed by atoms with Gasteiger partial charge in [-0.1, -0.05) is 32.9 Å². The van der Waals surface area contributed by atoms with Crippen LogP contribution in [0.25, 0.3) is 0 Å². The minimum absolute atomic E-state index is 0.169. The van der Waals surface area contributed by atoms with E-state index in [-0.39, 0.29) is 11.7 Å². The van der Waals surface area contributed by atoms with Gasteiger partial charge in [0.15, 0.2) is 5.78 Å². The molecular formula is C18H20N2O3. The molecule has 5 heteroatoms. The number of pyridine rings is 1. The van der Waals surface area contributed by atoms with E-state index in [1.54, 1.807) is 30.3 Å². The minimum atomic E-state index is -0.561. The Bertz CT molecular complexity index is 733. The summed E-state index contributed by atoms with van der Waals surface area (Å²) in [6.07, 6.45) is 2.99. The number of hydrogen-bond donors (Lipinski definition) is 1. The number of para-hydroxylation sites is 1. The van der Waals surface area contributed by atoms with Crippen LogP contribution in [0.5, 0.6) is 5.75 Å². The SMILES string of the molecule is COc1ccccc1C(=O)c1cnccc1NC(=O)C(C)(C)C. The Morgan fingerprint density at radius 3 is 2.43 bits per heavy atom. The quantitative estimate of drug-likeness (QED) is 0.880. The minimum Gasteiger partial charge on any atom is -0.496 e. The highest BCUT2D eigenvalue weighted by Crippen LogP contribution is 2.25. The predicted molar refractivity (Wildman–Crippen MR) is 88.7 cm³/mol. The molecule has 0 radical (unpaired) electrons. The fourth-order valence-corrected chi connectivity index (χ4v) is 1.97. The van der Waals surface area contributed by atoms with Gasteiger partial charge >= 0.3 is 0 Å². The summed E-state index contributed by atoms with van der Waals surface area (Å²) in [6.45, 7) is 5.43. The third kappa shape index (κ3) is 3.74. The number of rotatable bonds is 4. The van der Waals surface area contributed by atoms with E-state index >= 15 is 0 Å². The van der Waals surface area contributed by atoms with E-state index in [0.717, 1.165) is 0 Å². The molecule has 0 bridgehead atoms. The maximum atomic E-state index is 12.8. The van der Waals surface area contributed by atoms with Gasteiger partial charge in [0.05, 0.1) is 23.9 Å². The molecular weight excluding hydrogens is 292 g/mol. The molecule has 2 rings (SSSR count). The van der Waals surface area contributed by atoms with Crippen LogP contribution in [0.1, 0.15) is 36.7 Å². The van der Waals surface area contributed by atoms with E-state index in [1.807, 2.05) is 20.8 Å². The van der Waals surface area contributed by atoms with Crippen LogP contribution in [-0.2, 0) is 4.79 Å². The van der Waals surface area contributed by atoms with E-state index in [4.69, 9.17) is 4.74 Å². The number of nitrogens with one attached hydrogen (secondary N) is 1. The number of anilines is 1. The summed E-state index contributed by atoms with van der Waals surface area (Å²) < 4.78 is 5.23. The first-order valence-electron chi connectivity index (χ1n) is 7.28. The summed E-state index contributed by atoms with van der Waals surface area (Å²) in [7, 11) is 1.51. The van der Waals surface area contributed by atoms with Gasteiger partial charge in [-0.2, -0.15) is 0 Å². The molecule has 0 aliphatic rings. The summed E-state index contributed by atoms with van der Waals surface area (Å²) in [4.78, 5) is 29.0. The number of aromatic nitrogens is 1. The summed E-state index contributed by atoms with van der Waals surface area (Å²) in [6, 6.07) is 8.58. The van der Waals surface area contributed by atoms with E-state index in [0.29, 0.717) is 22.6 Å². The molecule has 23 heavy (non-hydrogen) atoms. The van der Waals surface area contributed by atoms with Crippen molar-refractivity contribution < 1.29 is 14.3 Å². The fourth-order valence-electron chi connectivity index (χ4n) is 1.97. The van der Waals surface area contributed by atoms with Gasteiger partial charge in [0, 0.05) is 17.8 Å². The molecule has 0 saturated carbocycles. The van der Waals surface area contributed by atoms with Crippen molar-refractivity contribution in [3.8, 4) is 5.75 Å². The van der Waals surface area contributed by atoms with Crippen molar-refractivity contribution in [2.24, 2.45) is 5.41 Å². The molecule has 0 fully saturated rings. The number of methoxy groups -OCH3 is 1. The highest BCUT2D eigenvalue weighted by atomic mass is 16.5. The molecule has 0 atom stereocenters. The topological polar surface area (TPSA) is 68.3 Å². The van der Waals surface area contributed by atoms with Crippen LogP contribution < -0.4 is 10.1 Å². The number of ether oxygens (including phenoxy) is 1. The van der Waals surface area contributed by atoms with Crippen molar-refractivity contribution >= 4 is 17.4 Å². The first-order chi connectivity index (χ1) is 10.8. The molecule has 1 heterocycles. The highest BCUT2D eigenvalue weighted by molar-refractivity contribution is 6.15. The van der Waals surface area contributed by atoms with Crippen LogP contribution in [0.2, 0.25) is 0 Å². The molecule has 1 amide bonds. The van der Waals surface area contributed by atoms with Crippen LogP contribution in [0.4, 0.5) is 5.69 Å². The summed E-state index contributed by atoms with van der Waals surface area (Å²) in [5.74, 6) is 0.0620. The molecule has 0 aliphatic heterocycles. The van der Waals surface area contributed by atoms with Crippen molar-refractivity contribution in [3.05, 3.63) is 53.9 Å². The van der Waals surface area contributed by atoms with Gasteiger partial charge in [-0.3, -0.25) is 14.6 Å². The zero-order valence-corrected chi connectivity index (χ0v) is 13.7. The lowest BCUT2D eigenvalue weighted by atomic mass is 9.95. The molecule has 120 valence electrons. The second-order valence-corrected chi connectivity index (χ2v) is 6.15. The lowest BCUT2D eigenvalue weighted by Gasteiger charge is -2.19. The van der Waals surface area contributed by atoms with Crippen LogP contribution in [0, 0.1) is 5.41 Å². The first-order valence-corrected chi connectivity index (χ1v) is 7.28. The van der Waals surface area contributed by atoms with Gasteiger partial charge in [0.1, 0.15) is 5.75 Å². The van der Waals surface area contributed by atoms with Crippen LogP contribution in [-0.4, -0.2) is 23.8 Å².